The number of amides is 1. The summed E-state index contributed by atoms with van der Waals surface area (Å²) in [5.41, 5.74) is 3.79. The van der Waals surface area contributed by atoms with Crippen molar-refractivity contribution in [2.75, 3.05) is 18.5 Å². The molecule has 1 amide bonds. The zero-order valence-electron chi connectivity index (χ0n) is 20.3. The molecule has 3 fully saturated rings. The summed E-state index contributed by atoms with van der Waals surface area (Å²) in [4.78, 5) is 23.6. The molecule has 0 unspecified atom stereocenters. The number of hydrogen-bond donors (Lipinski definition) is 2. The standard InChI is InChI=1S/C28H30N2O6/c1-19-24(25(36-30-19)29-26(33)34-16-11-20-5-3-2-4-6-20)21-7-9-22(10-8-21)28-14-12-27(13-15-28,18-35-28)17-23(31)32/h2-10H,11-18H2,1H3,(H,29,33)(H,31,32). The van der Waals surface area contributed by atoms with Gasteiger partial charge in [0.1, 0.15) is 0 Å². The summed E-state index contributed by atoms with van der Waals surface area (Å²) in [7, 11) is 0. The maximum atomic E-state index is 12.4. The van der Waals surface area contributed by atoms with Crippen molar-refractivity contribution in [2.24, 2.45) is 5.41 Å². The van der Waals surface area contributed by atoms with E-state index in [0.29, 0.717) is 24.3 Å². The van der Waals surface area contributed by atoms with Crippen LogP contribution in [0.5, 0.6) is 0 Å². The Balaban J connectivity index is 1.24. The lowest BCUT2D eigenvalue weighted by Crippen LogP contribution is -2.50. The summed E-state index contributed by atoms with van der Waals surface area (Å²) in [6, 6.07) is 17.9. The Bertz CT molecular complexity index is 1210. The van der Waals surface area contributed by atoms with Crippen molar-refractivity contribution in [1.82, 2.24) is 5.16 Å². The fourth-order valence-corrected chi connectivity index (χ4v) is 5.46. The van der Waals surface area contributed by atoms with Crippen molar-refractivity contribution in [1.29, 1.82) is 0 Å². The molecule has 0 spiro atoms. The van der Waals surface area contributed by atoms with Gasteiger partial charge in [-0.15, -0.1) is 0 Å². The number of aryl methyl sites for hydroxylation is 1. The fourth-order valence-electron chi connectivity index (χ4n) is 5.46. The zero-order chi connectivity index (χ0) is 25.2. The lowest BCUT2D eigenvalue weighted by molar-refractivity contribution is -0.195. The van der Waals surface area contributed by atoms with Gasteiger partial charge in [-0.1, -0.05) is 59.8 Å². The highest BCUT2D eigenvalue weighted by Crippen LogP contribution is 2.55. The second-order valence-corrected chi connectivity index (χ2v) is 9.90. The molecule has 188 valence electrons. The Hall–Kier alpha value is -3.65. The van der Waals surface area contributed by atoms with Crippen LogP contribution < -0.4 is 5.32 Å². The third-order valence-electron chi connectivity index (χ3n) is 7.54. The van der Waals surface area contributed by atoms with Gasteiger partial charge in [-0.05, 0) is 49.3 Å². The topological polar surface area (TPSA) is 111 Å². The predicted molar refractivity (Wildman–Crippen MR) is 133 cm³/mol. The molecule has 3 heterocycles. The lowest BCUT2D eigenvalue weighted by Gasteiger charge is -2.53. The lowest BCUT2D eigenvalue weighted by atomic mass is 9.63. The first-order chi connectivity index (χ1) is 17.4. The maximum absolute atomic E-state index is 12.4. The minimum atomic E-state index is -0.758. The van der Waals surface area contributed by atoms with E-state index in [1.54, 1.807) is 0 Å². The van der Waals surface area contributed by atoms with Gasteiger partial charge in [-0.2, -0.15) is 0 Å². The number of carbonyl (C=O) groups excluding carboxylic acids is 1. The molecule has 1 aliphatic carbocycles. The number of nitrogens with one attached hydrogen (secondary N) is 1. The molecule has 2 saturated heterocycles. The highest BCUT2D eigenvalue weighted by molar-refractivity contribution is 5.89. The van der Waals surface area contributed by atoms with Crippen LogP contribution in [0, 0.1) is 12.3 Å². The van der Waals surface area contributed by atoms with E-state index >= 15 is 0 Å². The van der Waals surface area contributed by atoms with Crippen molar-refractivity contribution in [3.8, 4) is 11.1 Å². The summed E-state index contributed by atoms with van der Waals surface area (Å²) in [6.45, 7) is 2.56. The van der Waals surface area contributed by atoms with Crippen molar-refractivity contribution >= 4 is 17.9 Å². The third kappa shape index (κ3) is 4.86. The highest BCUT2D eigenvalue weighted by Gasteiger charge is 2.51. The van der Waals surface area contributed by atoms with E-state index in [1.165, 1.54) is 0 Å². The van der Waals surface area contributed by atoms with E-state index in [0.717, 1.165) is 42.4 Å². The number of aromatic nitrogens is 1. The smallest absolute Gasteiger partial charge is 0.414 e. The van der Waals surface area contributed by atoms with Crippen molar-refractivity contribution < 1.29 is 28.7 Å². The second-order valence-electron chi connectivity index (χ2n) is 9.90. The molecular weight excluding hydrogens is 460 g/mol. The van der Waals surface area contributed by atoms with Gasteiger partial charge in [0.25, 0.3) is 0 Å². The summed E-state index contributed by atoms with van der Waals surface area (Å²) >= 11 is 0. The van der Waals surface area contributed by atoms with Crippen LogP contribution in [-0.4, -0.2) is 35.5 Å². The predicted octanol–water partition coefficient (Wildman–Crippen LogP) is 5.70. The number of nitrogens with zero attached hydrogens (tertiary/aromatic N) is 1. The molecule has 6 rings (SSSR count). The van der Waals surface area contributed by atoms with Gasteiger partial charge in [0.2, 0.25) is 5.88 Å². The minimum absolute atomic E-state index is 0.166. The molecule has 1 aromatic heterocycles. The number of anilines is 1. The molecule has 2 bridgehead atoms. The quantitative estimate of drug-likeness (QED) is 0.416. The van der Waals surface area contributed by atoms with Crippen LogP contribution in [0.3, 0.4) is 0 Å². The number of ether oxygens (including phenoxy) is 2. The molecule has 2 aliphatic heterocycles. The first-order valence-electron chi connectivity index (χ1n) is 12.3. The molecule has 2 N–H and O–H groups in total. The van der Waals surface area contributed by atoms with Crippen LogP contribution in [0.25, 0.3) is 11.1 Å². The van der Waals surface area contributed by atoms with E-state index in [4.69, 9.17) is 14.0 Å². The van der Waals surface area contributed by atoms with Gasteiger partial charge in [-0.25, -0.2) is 4.79 Å². The van der Waals surface area contributed by atoms with E-state index in [1.807, 2.05) is 61.5 Å². The Morgan fingerprint density at radius 3 is 2.42 bits per heavy atom. The van der Waals surface area contributed by atoms with Crippen molar-refractivity contribution in [3.63, 3.8) is 0 Å². The SMILES string of the molecule is Cc1noc(NC(=O)OCCc2ccccc2)c1-c1ccc(C23CCC(CC(=O)O)(CC2)CO3)cc1. The Morgan fingerprint density at radius 1 is 1.06 bits per heavy atom. The number of carboxylic acid groups (broad SMARTS) is 1. The monoisotopic (exact) mass is 490 g/mol. The first-order valence-corrected chi connectivity index (χ1v) is 12.3. The molecule has 8 heteroatoms. The largest absolute Gasteiger partial charge is 0.481 e. The number of benzene rings is 2. The van der Waals surface area contributed by atoms with Crippen LogP contribution in [0.15, 0.2) is 59.1 Å². The molecule has 1 saturated carbocycles. The highest BCUT2D eigenvalue weighted by atomic mass is 16.6. The number of rotatable bonds is 8. The van der Waals surface area contributed by atoms with Gasteiger partial charge < -0.3 is 19.1 Å². The minimum Gasteiger partial charge on any atom is -0.481 e. The molecule has 3 aromatic rings. The van der Waals surface area contributed by atoms with Gasteiger partial charge in [0.15, 0.2) is 0 Å². The van der Waals surface area contributed by atoms with Crippen LogP contribution in [0.4, 0.5) is 10.7 Å². The summed E-state index contributed by atoms with van der Waals surface area (Å²) < 4.78 is 17.0. The number of hydrogen-bond acceptors (Lipinski definition) is 6. The van der Waals surface area contributed by atoms with Crippen LogP contribution in [0.2, 0.25) is 0 Å². The molecule has 0 radical (unpaired) electrons. The Kier molecular flexibility index (Phi) is 6.53. The normalized spacial score (nSPS) is 22.8. The summed E-state index contributed by atoms with van der Waals surface area (Å²) in [5, 5.41) is 16.0. The van der Waals surface area contributed by atoms with Gasteiger partial charge in [-0.3, -0.25) is 10.1 Å². The van der Waals surface area contributed by atoms with E-state index < -0.39 is 12.1 Å². The Labute approximate surface area is 209 Å². The average Bonchev–Trinajstić information content (AvgIpc) is 3.25. The van der Waals surface area contributed by atoms with Gasteiger partial charge in [0, 0.05) is 11.8 Å². The Morgan fingerprint density at radius 2 is 1.78 bits per heavy atom. The zero-order valence-corrected chi connectivity index (χ0v) is 20.3. The molecule has 3 aliphatic rings. The van der Waals surface area contributed by atoms with Crippen molar-refractivity contribution in [2.45, 2.75) is 51.0 Å². The van der Waals surface area contributed by atoms with Crippen LogP contribution >= 0.6 is 0 Å². The molecular formula is C28H30N2O6. The number of carboxylic acids is 1. The van der Waals surface area contributed by atoms with E-state index in [9.17, 15) is 14.7 Å². The van der Waals surface area contributed by atoms with Crippen LogP contribution in [0.1, 0.15) is 48.9 Å². The summed E-state index contributed by atoms with van der Waals surface area (Å²) in [5.74, 6) is -0.515. The average molecular weight is 491 g/mol. The van der Waals surface area contributed by atoms with Crippen molar-refractivity contribution in [3.05, 3.63) is 71.4 Å². The van der Waals surface area contributed by atoms with Gasteiger partial charge in [0.05, 0.1) is 36.5 Å². The van der Waals surface area contributed by atoms with Gasteiger partial charge >= 0.3 is 12.1 Å². The van der Waals surface area contributed by atoms with E-state index in [2.05, 4.69) is 10.5 Å². The maximum Gasteiger partial charge on any atom is 0.414 e. The van der Waals surface area contributed by atoms with Crippen LogP contribution in [-0.2, 0) is 26.3 Å². The third-order valence-corrected chi connectivity index (χ3v) is 7.54. The number of fused-ring (bicyclic) bond motifs is 3. The molecule has 8 nitrogen and oxygen atoms in total. The van der Waals surface area contributed by atoms with E-state index in [-0.39, 0.29) is 29.9 Å². The fraction of sp³-hybridized carbons (Fsp3) is 0.393. The first kappa shape index (κ1) is 24.1. The summed E-state index contributed by atoms with van der Waals surface area (Å²) in [6.07, 6.45) is 3.53. The number of aliphatic carboxylic acids is 1. The second kappa shape index (κ2) is 9.78. The molecule has 2 aromatic carbocycles. The molecule has 36 heavy (non-hydrogen) atoms. The number of carbonyl (C=O) groups is 2. The molecule has 0 atom stereocenters.